The van der Waals surface area contributed by atoms with Gasteiger partial charge in [-0.3, -0.25) is 0 Å². The maximum atomic E-state index is 5.82. The number of halogens is 2. The molecule has 0 saturated carbocycles. The van der Waals surface area contributed by atoms with Crippen molar-refractivity contribution in [2.75, 3.05) is 12.4 Å². The highest BCUT2D eigenvalue weighted by atomic mass is 79.9. The Morgan fingerprint density at radius 1 is 1.29 bits per heavy atom. The maximum absolute atomic E-state index is 5.82. The smallest absolute Gasteiger partial charge is 0.0226 e. The van der Waals surface area contributed by atoms with Crippen LogP contribution in [-0.2, 0) is 6.54 Å². The van der Waals surface area contributed by atoms with Gasteiger partial charge in [-0.05, 0) is 36.9 Å². The van der Waals surface area contributed by atoms with Crippen molar-refractivity contribution < 1.29 is 0 Å². The fraction of sp³-hybridized carbons (Fsp3) is 0.571. The van der Waals surface area contributed by atoms with Gasteiger partial charge in [0.2, 0.25) is 0 Å². The van der Waals surface area contributed by atoms with E-state index in [0.29, 0.717) is 5.92 Å². The third kappa shape index (κ3) is 5.89. The molecule has 1 rings (SSSR count). The summed E-state index contributed by atoms with van der Waals surface area (Å²) in [5, 5.41) is 3.52. The summed E-state index contributed by atoms with van der Waals surface area (Å²) in [7, 11) is 0. The molecule has 1 aromatic rings. The van der Waals surface area contributed by atoms with E-state index >= 15 is 0 Å². The predicted molar refractivity (Wildman–Crippen MR) is 79.6 cm³/mol. The predicted octanol–water partition coefficient (Wildman–Crippen LogP) is 4.58. The molecule has 0 amide bonds. The topological polar surface area (TPSA) is 12.0 Å². The van der Waals surface area contributed by atoms with Crippen LogP contribution < -0.4 is 5.32 Å². The van der Waals surface area contributed by atoms with E-state index in [-0.39, 0.29) is 0 Å². The molecule has 1 unspecified atom stereocenters. The Labute approximate surface area is 118 Å². The van der Waals surface area contributed by atoms with Crippen molar-refractivity contribution in [3.8, 4) is 0 Å². The van der Waals surface area contributed by atoms with E-state index in [1.807, 2.05) is 6.07 Å². The Balaban J connectivity index is 2.33. The first-order chi connectivity index (χ1) is 8.27. The quantitative estimate of drug-likeness (QED) is 0.692. The normalized spacial score (nSPS) is 12.6. The van der Waals surface area contributed by atoms with Gasteiger partial charge in [-0.2, -0.15) is 0 Å². The molecule has 0 bridgehead atoms. The SMILES string of the molecule is CCCC(CCCl)CNCc1ccccc1Br. The van der Waals surface area contributed by atoms with E-state index < -0.39 is 0 Å². The van der Waals surface area contributed by atoms with Gasteiger partial charge in [0.05, 0.1) is 0 Å². The minimum absolute atomic E-state index is 0.708. The summed E-state index contributed by atoms with van der Waals surface area (Å²) in [4.78, 5) is 0. The average molecular weight is 319 g/mol. The number of hydrogen-bond acceptors (Lipinski definition) is 1. The molecule has 1 atom stereocenters. The van der Waals surface area contributed by atoms with Crippen LogP contribution in [0.15, 0.2) is 28.7 Å². The van der Waals surface area contributed by atoms with Gasteiger partial charge in [-0.15, -0.1) is 11.6 Å². The number of nitrogens with one attached hydrogen (secondary N) is 1. The minimum atomic E-state index is 0.708. The van der Waals surface area contributed by atoms with Crippen molar-refractivity contribution >= 4 is 27.5 Å². The monoisotopic (exact) mass is 317 g/mol. The molecule has 1 nitrogen and oxygen atoms in total. The molecule has 0 heterocycles. The fourth-order valence-electron chi connectivity index (χ4n) is 1.96. The summed E-state index contributed by atoms with van der Waals surface area (Å²) in [6.45, 7) is 4.21. The van der Waals surface area contributed by atoms with Crippen molar-refractivity contribution in [1.82, 2.24) is 5.32 Å². The largest absolute Gasteiger partial charge is 0.312 e. The first kappa shape index (κ1) is 15.0. The van der Waals surface area contributed by atoms with Gasteiger partial charge in [-0.1, -0.05) is 47.5 Å². The zero-order chi connectivity index (χ0) is 12.5. The molecule has 0 aliphatic heterocycles. The number of rotatable bonds is 8. The molecular weight excluding hydrogens is 298 g/mol. The van der Waals surface area contributed by atoms with Crippen LogP contribution in [0.3, 0.4) is 0 Å². The zero-order valence-electron chi connectivity index (χ0n) is 10.4. The van der Waals surface area contributed by atoms with Gasteiger partial charge in [0.15, 0.2) is 0 Å². The van der Waals surface area contributed by atoms with Crippen molar-refractivity contribution in [1.29, 1.82) is 0 Å². The van der Waals surface area contributed by atoms with Gasteiger partial charge < -0.3 is 5.32 Å². The van der Waals surface area contributed by atoms with Crippen molar-refractivity contribution in [2.24, 2.45) is 5.92 Å². The molecule has 0 aliphatic rings. The molecule has 0 aliphatic carbocycles. The third-order valence-electron chi connectivity index (χ3n) is 2.92. The summed E-state index contributed by atoms with van der Waals surface area (Å²) in [6.07, 6.45) is 3.60. The van der Waals surface area contributed by atoms with Crippen LogP contribution in [0, 0.1) is 5.92 Å². The highest BCUT2D eigenvalue weighted by molar-refractivity contribution is 9.10. The van der Waals surface area contributed by atoms with Crippen LogP contribution >= 0.6 is 27.5 Å². The lowest BCUT2D eigenvalue weighted by atomic mass is 10.0. The molecule has 0 saturated heterocycles. The second-order valence-electron chi connectivity index (χ2n) is 4.35. The summed E-state index contributed by atoms with van der Waals surface area (Å²) >= 11 is 9.38. The highest BCUT2D eigenvalue weighted by Gasteiger charge is 2.06. The Kier molecular flexibility index (Phi) is 7.91. The Morgan fingerprint density at radius 3 is 2.71 bits per heavy atom. The van der Waals surface area contributed by atoms with Crippen molar-refractivity contribution in [3.63, 3.8) is 0 Å². The highest BCUT2D eigenvalue weighted by Crippen LogP contribution is 2.16. The van der Waals surface area contributed by atoms with E-state index in [9.17, 15) is 0 Å². The summed E-state index contributed by atoms with van der Waals surface area (Å²) < 4.78 is 1.18. The van der Waals surface area contributed by atoms with Crippen LogP contribution in [0.4, 0.5) is 0 Å². The van der Waals surface area contributed by atoms with Gasteiger partial charge in [-0.25, -0.2) is 0 Å². The van der Waals surface area contributed by atoms with Crippen LogP contribution in [0.5, 0.6) is 0 Å². The lowest BCUT2D eigenvalue weighted by Crippen LogP contribution is -2.23. The van der Waals surface area contributed by atoms with Crippen LogP contribution in [0.25, 0.3) is 0 Å². The first-order valence-corrected chi connectivity index (χ1v) is 7.60. The minimum Gasteiger partial charge on any atom is -0.312 e. The van der Waals surface area contributed by atoms with Gasteiger partial charge in [0.25, 0.3) is 0 Å². The summed E-state index contributed by atoms with van der Waals surface area (Å²) in [5.74, 6) is 1.47. The number of alkyl halides is 1. The third-order valence-corrected chi connectivity index (χ3v) is 3.91. The maximum Gasteiger partial charge on any atom is 0.0226 e. The van der Waals surface area contributed by atoms with Crippen molar-refractivity contribution in [2.45, 2.75) is 32.7 Å². The zero-order valence-corrected chi connectivity index (χ0v) is 12.7. The van der Waals surface area contributed by atoms with Crippen LogP contribution in [0.2, 0.25) is 0 Å². The van der Waals surface area contributed by atoms with Gasteiger partial charge in [0, 0.05) is 16.9 Å². The molecular formula is C14H21BrClN. The summed E-state index contributed by atoms with van der Waals surface area (Å²) in [6, 6.07) is 8.35. The number of hydrogen-bond donors (Lipinski definition) is 1. The van der Waals surface area contributed by atoms with Gasteiger partial charge >= 0.3 is 0 Å². The summed E-state index contributed by atoms with van der Waals surface area (Å²) in [5.41, 5.74) is 1.31. The average Bonchev–Trinajstić information content (AvgIpc) is 2.32. The van der Waals surface area contributed by atoms with E-state index in [4.69, 9.17) is 11.6 Å². The Bertz CT molecular complexity index is 311. The number of benzene rings is 1. The molecule has 1 N–H and O–H groups in total. The van der Waals surface area contributed by atoms with E-state index in [1.165, 1.54) is 22.9 Å². The molecule has 0 radical (unpaired) electrons. The van der Waals surface area contributed by atoms with Gasteiger partial charge in [0.1, 0.15) is 0 Å². The first-order valence-electron chi connectivity index (χ1n) is 6.28. The lowest BCUT2D eigenvalue weighted by molar-refractivity contribution is 0.430. The van der Waals surface area contributed by atoms with E-state index in [0.717, 1.165) is 25.4 Å². The Morgan fingerprint density at radius 2 is 2.06 bits per heavy atom. The molecule has 0 fully saturated rings. The standard InChI is InChI=1S/C14H21BrClN/c1-2-5-12(8-9-16)10-17-11-13-6-3-4-7-14(13)15/h3-4,6-7,12,17H,2,5,8-11H2,1H3. The Hall–Kier alpha value is -0.0500. The van der Waals surface area contributed by atoms with Crippen molar-refractivity contribution in [3.05, 3.63) is 34.3 Å². The van der Waals surface area contributed by atoms with E-state index in [2.05, 4.69) is 46.4 Å². The molecule has 0 spiro atoms. The molecule has 0 aromatic heterocycles. The second-order valence-corrected chi connectivity index (χ2v) is 5.59. The van der Waals surface area contributed by atoms with E-state index in [1.54, 1.807) is 0 Å². The molecule has 3 heteroatoms. The lowest BCUT2D eigenvalue weighted by Gasteiger charge is -2.16. The van der Waals surface area contributed by atoms with Crippen LogP contribution in [0.1, 0.15) is 31.7 Å². The fourth-order valence-corrected chi connectivity index (χ4v) is 2.70. The second kappa shape index (κ2) is 8.96. The molecule has 1 aromatic carbocycles. The molecule has 17 heavy (non-hydrogen) atoms. The molecule has 96 valence electrons. The van der Waals surface area contributed by atoms with Crippen LogP contribution in [-0.4, -0.2) is 12.4 Å².